The third-order valence-corrected chi connectivity index (χ3v) is 5.66. The number of hydrogen-bond acceptors (Lipinski definition) is 4. The molecule has 0 heterocycles. The van der Waals surface area contributed by atoms with E-state index < -0.39 is 10.7 Å². The molecule has 0 atom stereocenters. The maximum absolute atomic E-state index is 13.3. The highest BCUT2D eigenvalue weighted by molar-refractivity contribution is 8.00. The van der Waals surface area contributed by atoms with Crippen molar-refractivity contribution in [3.63, 3.8) is 0 Å². The molecule has 0 saturated carbocycles. The monoisotopic (exact) mass is 375 g/mol. The van der Waals surface area contributed by atoms with Gasteiger partial charge in [-0.25, -0.2) is 4.79 Å². The van der Waals surface area contributed by atoms with Gasteiger partial charge in [-0.05, 0) is 29.9 Å². The van der Waals surface area contributed by atoms with Crippen LogP contribution in [0.2, 0.25) is 0 Å². The molecule has 27 heavy (non-hydrogen) atoms. The van der Waals surface area contributed by atoms with Crippen molar-refractivity contribution in [3.8, 4) is 0 Å². The highest BCUT2D eigenvalue weighted by atomic mass is 32.2. The first-order chi connectivity index (χ1) is 13.2. The molecule has 4 heteroatoms. The Morgan fingerprint density at radius 2 is 1.26 bits per heavy atom. The summed E-state index contributed by atoms with van der Waals surface area (Å²) >= 11 is 1.44. The van der Waals surface area contributed by atoms with Gasteiger partial charge in [0.2, 0.25) is 0 Å². The number of oxime groups is 1. The first-order valence-electron chi connectivity index (χ1n) is 8.66. The summed E-state index contributed by atoms with van der Waals surface area (Å²) in [6.45, 7) is 1.83. The van der Waals surface area contributed by atoms with Gasteiger partial charge in [0, 0.05) is 0 Å². The normalized spacial score (nSPS) is 11.9. The molecule has 0 saturated heterocycles. The van der Waals surface area contributed by atoms with Crippen molar-refractivity contribution in [3.05, 3.63) is 108 Å². The van der Waals surface area contributed by atoms with E-state index >= 15 is 0 Å². The maximum atomic E-state index is 13.3. The van der Waals surface area contributed by atoms with Crippen molar-refractivity contribution in [1.29, 1.82) is 0 Å². The molecule has 3 nitrogen and oxygen atoms in total. The van der Waals surface area contributed by atoms with Crippen LogP contribution in [0.1, 0.15) is 23.6 Å². The van der Waals surface area contributed by atoms with Gasteiger partial charge >= 0.3 is 5.97 Å². The number of carbonyl (C=O) groups is 1. The van der Waals surface area contributed by atoms with Crippen molar-refractivity contribution >= 4 is 23.4 Å². The standard InChI is InChI=1S/C23H21NO2S/c1-18(19-12-6-3-7-13-19)24-26-22(25)23(27-2,20-14-8-4-9-15-20)21-16-10-5-11-17-21/h3-17H,1-2H3/b24-18+. The van der Waals surface area contributed by atoms with Crippen LogP contribution in [-0.2, 0) is 14.4 Å². The Hall–Kier alpha value is -2.85. The quantitative estimate of drug-likeness (QED) is 0.335. The van der Waals surface area contributed by atoms with Crippen LogP contribution in [-0.4, -0.2) is 17.9 Å². The number of nitrogens with zero attached hydrogens (tertiary/aromatic N) is 1. The zero-order valence-electron chi connectivity index (χ0n) is 15.3. The third-order valence-electron chi connectivity index (χ3n) is 4.41. The zero-order chi connectivity index (χ0) is 19.1. The second-order valence-corrected chi connectivity index (χ2v) is 7.06. The van der Waals surface area contributed by atoms with Crippen molar-refractivity contribution in [1.82, 2.24) is 0 Å². The molecule has 0 fully saturated rings. The molecule has 0 spiro atoms. The van der Waals surface area contributed by atoms with Gasteiger partial charge in [0.15, 0.2) is 4.75 Å². The Balaban J connectivity index is 1.99. The predicted molar refractivity (Wildman–Crippen MR) is 112 cm³/mol. The Morgan fingerprint density at radius 1 is 0.815 bits per heavy atom. The lowest BCUT2D eigenvalue weighted by atomic mass is 9.90. The van der Waals surface area contributed by atoms with E-state index in [4.69, 9.17) is 4.84 Å². The van der Waals surface area contributed by atoms with E-state index in [0.717, 1.165) is 16.7 Å². The molecule has 0 N–H and O–H groups in total. The van der Waals surface area contributed by atoms with Gasteiger partial charge in [-0.2, -0.15) is 0 Å². The fraction of sp³-hybridized carbons (Fsp3) is 0.130. The van der Waals surface area contributed by atoms with Crippen LogP contribution in [0.4, 0.5) is 0 Å². The summed E-state index contributed by atoms with van der Waals surface area (Å²) in [5, 5.41) is 4.11. The average Bonchev–Trinajstić information content (AvgIpc) is 2.75. The Kier molecular flexibility index (Phi) is 6.09. The minimum Gasteiger partial charge on any atom is -0.316 e. The second kappa shape index (κ2) is 8.69. The highest BCUT2D eigenvalue weighted by Gasteiger charge is 2.43. The van der Waals surface area contributed by atoms with Crippen molar-refractivity contribution in [2.75, 3.05) is 6.26 Å². The predicted octanol–water partition coefficient (Wildman–Crippen LogP) is 5.26. The van der Waals surface area contributed by atoms with Crippen molar-refractivity contribution < 1.29 is 9.63 Å². The van der Waals surface area contributed by atoms with E-state index in [1.54, 1.807) is 0 Å². The third kappa shape index (κ3) is 3.96. The molecule has 0 aromatic heterocycles. The smallest absolute Gasteiger partial charge is 0.316 e. The molecule has 0 amide bonds. The molecular formula is C23H21NO2S. The lowest BCUT2D eigenvalue weighted by Crippen LogP contribution is -2.34. The molecule has 0 aliphatic rings. The maximum Gasteiger partial charge on any atom is 0.359 e. The van der Waals surface area contributed by atoms with Gasteiger partial charge < -0.3 is 4.84 Å². The molecule has 3 aromatic carbocycles. The Labute approximate surface area is 164 Å². The molecule has 0 unspecified atom stereocenters. The van der Waals surface area contributed by atoms with E-state index in [1.807, 2.05) is 104 Å². The highest BCUT2D eigenvalue weighted by Crippen LogP contribution is 2.42. The molecular weight excluding hydrogens is 354 g/mol. The first kappa shape index (κ1) is 18.9. The molecule has 3 rings (SSSR count). The van der Waals surface area contributed by atoms with Crippen LogP contribution < -0.4 is 0 Å². The van der Waals surface area contributed by atoms with Crippen LogP contribution in [0.15, 0.2) is 96.2 Å². The lowest BCUT2D eigenvalue weighted by Gasteiger charge is -2.29. The van der Waals surface area contributed by atoms with Gasteiger partial charge in [0.1, 0.15) is 0 Å². The van der Waals surface area contributed by atoms with Gasteiger partial charge in [0.05, 0.1) is 5.71 Å². The summed E-state index contributed by atoms with van der Waals surface area (Å²) in [6.07, 6.45) is 1.91. The number of thioether (sulfide) groups is 1. The molecule has 0 bridgehead atoms. The zero-order valence-corrected chi connectivity index (χ0v) is 16.1. The van der Waals surface area contributed by atoms with E-state index in [-0.39, 0.29) is 0 Å². The number of rotatable bonds is 6. The van der Waals surface area contributed by atoms with Crippen molar-refractivity contribution in [2.24, 2.45) is 5.16 Å². The van der Waals surface area contributed by atoms with E-state index in [1.165, 1.54) is 11.8 Å². The molecule has 0 aliphatic carbocycles. The molecule has 3 aromatic rings. The minimum atomic E-state index is -0.983. The van der Waals surface area contributed by atoms with E-state index in [9.17, 15) is 4.79 Å². The number of hydrogen-bond donors (Lipinski definition) is 0. The topological polar surface area (TPSA) is 38.7 Å². The van der Waals surface area contributed by atoms with Gasteiger partial charge in [-0.3, -0.25) is 0 Å². The summed E-state index contributed by atoms with van der Waals surface area (Å²) in [7, 11) is 0. The van der Waals surface area contributed by atoms with Crippen LogP contribution >= 0.6 is 11.8 Å². The first-order valence-corrected chi connectivity index (χ1v) is 9.88. The van der Waals surface area contributed by atoms with E-state index in [0.29, 0.717) is 5.71 Å². The molecule has 0 radical (unpaired) electrons. The van der Waals surface area contributed by atoms with Crippen LogP contribution in [0.5, 0.6) is 0 Å². The Bertz CT molecular complexity index is 869. The Morgan fingerprint density at radius 3 is 1.70 bits per heavy atom. The van der Waals surface area contributed by atoms with Crippen molar-refractivity contribution in [2.45, 2.75) is 11.7 Å². The number of carbonyl (C=O) groups excluding carboxylic acids is 1. The largest absolute Gasteiger partial charge is 0.359 e. The van der Waals surface area contributed by atoms with Crippen LogP contribution in [0, 0.1) is 0 Å². The van der Waals surface area contributed by atoms with Gasteiger partial charge in [-0.15, -0.1) is 11.8 Å². The summed E-state index contributed by atoms with van der Waals surface area (Å²) in [6, 6.07) is 29.0. The summed E-state index contributed by atoms with van der Waals surface area (Å²) in [4.78, 5) is 18.7. The second-order valence-electron chi connectivity index (χ2n) is 6.04. The van der Waals surface area contributed by atoms with Gasteiger partial charge in [0.25, 0.3) is 0 Å². The minimum absolute atomic E-state index is 0.414. The van der Waals surface area contributed by atoms with Crippen LogP contribution in [0.25, 0.3) is 0 Å². The van der Waals surface area contributed by atoms with Gasteiger partial charge in [-0.1, -0.05) is 96.2 Å². The average molecular weight is 375 g/mol. The fourth-order valence-corrected chi connectivity index (χ4v) is 3.92. The van der Waals surface area contributed by atoms with Crippen LogP contribution in [0.3, 0.4) is 0 Å². The summed E-state index contributed by atoms with van der Waals surface area (Å²) < 4.78 is -0.983. The SMILES string of the molecule is CSC(C(=O)O/N=C(\C)c1ccccc1)(c1ccccc1)c1ccccc1. The summed E-state index contributed by atoms with van der Waals surface area (Å²) in [5.41, 5.74) is 3.29. The molecule has 0 aliphatic heterocycles. The molecule has 136 valence electrons. The fourth-order valence-electron chi connectivity index (χ4n) is 2.97. The number of benzene rings is 3. The summed E-state index contributed by atoms with van der Waals surface area (Å²) in [5.74, 6) is -0.414. The van der Waals surface area contributed by atoms with E-state index in [2.05, 4.69) is 5.16 Å². The lowest BCUT2D eigenvalue weighted by molar-refractivity contribution is -0.145.